The highest BCUT2D eigenvalue weighted by molar-refractivity contribution is 9.10. The van der Waals surface area contributed by atoms with Crippen LogP contribution in [-0.2, 0) is 11.3 Å². The van der Waals surface area contributed by atoms with E-state index in [9.17, 15) is 5.11 Å². The number of methoxy groups -OCH3 is 1. The van der Waals surface area contributed by atoms with Gasteiger partial charge in [0.2, 0.25) is 0 Å². The fourth-order valence-corrected chi connectivity index (χ4v) is 2.61. The highest BCUT2D eigenvalue weighted by Gasteiger charge is 2.18. The summed E-state index contributed by atoms with van der Waals surface area (Å²) in [5, 5.41) is 15.1. The Hall–Kier alpha value is -1.08. The number of benzene rings is 1. The van der Waals surface area contributed by atoms with E-state index >= 15 is 0 Å². The van der Waals surface area contributed by atoms with Crippen LogP contribution in [0.2, 0.25) is 5.02 Å². The Labute approximate surface area is 136 Å². The molecule has 1 N–H and O–H groups in total. The zero-order valence-corrected chi connectivity index (χ0v) is 13.8. The first kappa shape index (κ1) is 16.3. The number of aliphatic hydroxyl groups excluding tert-OH is 1. The van der Waals surface area contributed by atoms with Gasteiger partial charge >= 0.3 is 0 Å². The van der Waals surface area contributed by atoms with Crippen molar-refractivity contribution in [3.8, 4) is 5.75 Å². The van der Waals surface area contributed by atoms with Crippen molar-refractivity contribution in [2.24, 2.45) is 0 Å². The number of hydrogen-bond acceptors (Lipinski definition) is 4. The molecule has 114 valence electrons. The monoisotopic (exact) mass is 374 g/mol. The van der Waals surface area contributed by atoms with Crippen LogP contribution < -0.4 is 4.74 Å². The van der Waals surface area contributed by atoms with Crippen molar-refractivity contribution in [3.63, 3.8) is 0 Å². The summed E-state index contributed by atoms with van der Waals surface area (Å²) < 4.78 is 13.0. The zero-order chi connectivity index (χ0) is 15.2. The molecular weight excluding hydrogens is 360 g/mol. The Morgan fingerprint density at radius 2 is 2.29 bits per heavy atom. The molecule has 0 aliphatic heterocycles. The molecule has 1 unspecified atom stereocenters. The average molecular weight is 376 g/mol. The van der Waals surface area contributed by atoms with Gasteiger partial charge in [0.15, 0.2) is 0 Å². The van der Waals surface area contributed by atoms with Crippen molar-refractivity contribution in [1.82, 2.24) is 9.78 Å². The minimum absolute atomic E-state index is 0.109. The largest absolute Gasteiger partial charge is 0.490 e. The lowest BCUT2D eigenvalue weighted by Gasteiger charge is -2.15. The van der Waals surface area contributed by atoms with Crippen LogP contribution in [0.1, 0.15) is 11.8 Å². The molecule has 1 aromatic carbocycles. The number of halogens is 2. The molecule has 21 heavy (non-hydrogen) atoms. The Bertz CT molecular complexity index is 591. The van der Waals surface area contributed by atoms with E-state index in [2.05, 4.69) is 21.0 Å². The highest BCUT2D eigenvalue weighted by Crippen LogP contribution is 2.25. The number of nitrogens with zero attached hydrogens (tertiary/aromatic N) is 2. The predicted molar refractivity (Wildman–Crippen MR) is 83.7 cm³/mol. The third-order valence-corrected chi connectivity index (χ3v) is 3.71. The Kier molecular flexibility index (Phi) is 6.05. The van der Waals surface area contributed by atoms with Crippen molar-refractivity contribution in [3.05, 3.63) is 45.7 Å². The smallest absolute Gasteiger partial charge is 0.131 e. The van der Waals surface area contributed by atoms with Gasteiger partial charge in [-0.1, -0.05) is 17.7 Å². The molecule has 0 amide bonds. The third-order valence-electron chi connectivity index (χ3n) is 2.86. The molecule has 0 radical (unpaired) electrons. The predicted octanol–water partition coefficient (Wildman–Crippen LogP) is 3.06. The standard InChI is InChI=1S/C14H16BrClN2O3/c1-20-6-5-18-14(12(15)8-17-18)13(19)9-21-11-4-2-3-10(16)7-11/h2-4,7-8,13,19H,5-6,9H2,1H3. The molecule has 7 heteroatoms. The van der Waals surface area contributed by atoms with E-state index < -0.39 is 6.10 Å². The van der Waals surface area contributed by atoms with Crippen LogP contribution in [0.25, 0.3) is 0 Å². The Balaban J connectivity index is 2.02. The van der Waals surface area contributed by atoms with Crippen LogP contribution in [0.5, 0.6) is 5.75 Å². The summed E-state index contributed by atoms with van der Waals surface area (Å²) in [7, 11) is 1.62. The van der Waals surface area contributed by atoms with Crippen molar-refractivity contribution < 1.29 is 14.6 Å². The van der Waals surface area contributed by atoms with Gasteiger partial charge in [-0.2, -0.15) is 5.10 Å². The van der Waals surface area contributed by atoms with Crippen LogP contribution >= 0.6 is 27.5 Å². The molecule has 1 aromatic heterocycles. The Morgan fingerprint density at radius 1 is 1.48 bits per heavy atom. The molecule has 0 aliphatic rings. The third kappa shape index (κ3) is 4.44. The number of aromatic nitrogens is 2. The van der Waals surface area contributed by atoms with Gasteiger partial charge in [-0.15, -0.1) is 0 Å². The lowest BCUT2D eigenvalue weighted by Crippen LogP contribution is -2.17. The van der Waals surface area contributed by atoms with Gasteiger partial charge in [0.25, 0.3) is 0 Å². The van der Waals surface area contributed by atoms with Crippen molar-refractivity contribution in [2.45, 2.75) is 12.6 Å². The Morgan fingerprint density at radius 3 is 3.00 bits per heavy atom. The van der Waals surface area contributed by atoms with Crippen LogP contribution in [0.15, 0.2) is 34.9 Å². The van der Waals surface area contributed by atoms with Gasteiger partial charge in [0, 0.05) is 12.1 Å². The van der Waals surface area contributed by atoms with Crippen LogP contribution in [0, 0.1) is 0 Å². The van der Waals surface area contributed by atoms with Gasteiger partial charge in [-0.25, -0.2) is 0 Å². The van der Waals surface area contributed by atoms with Crippen LogP contribution in [0.4, 0.5) is 0 Å². The lowest BCUT2D eigenvalue weighted by molar-refractivity contribution is 0.0967. The molecule has 5 nitrogen and oxygen atoms in total. The normalized spacial score (nSPS) is 12.4. The summed E-state index contributed by atoms with van der Waals surface area (Å²) >= 11 is 9.28. The number of ether oxygens (including phenoxy) is 2. The fraction of sp³-hybridized carbons (Fsp3) is 0.357. The SMILES string of the molecule is COCCn1ncc(Br)c1C(O)COc1cccc(Cl)c1. The number of rotatable bonds is 7. The fourth-order valence-electron chi connectivity index (χ4n) is 1.87. The second-order valence-corrected chi connectivity index (χ2v) is 5.67. The van der Waals surface area contributed by atoms with Gasteiger partial charge in [0.05, 0.1) is 29.5 Å². The van der Waals surface area contributed by atoms with Crippen molar-refractivity contribution >= 4 is 27.5 Å². The minimum atomic E-state index is -0.808. The molecule has 0 spiro atoms. The molecule has 1 atom stereocenters. The van der Waals surface area contributed by atoms with E-state index in [0.29, 0.717) is 29.6 Å². The summed E-state index contributed by atoms with van der Waals surface area (Å²) in [5.41, 5.74) is 0.661. The average Bonchev–Trinajstić information content (AvgIpc) is 2.83. The molecule has 2 aromatic rings. The maximum Gasteiger partial charge on any atom is 0.131 e. The van der Waals surface area contributed by atoms with E-state index in [1.165, 1.54) is 0 Å². The van der Waals surface area contributed by atoms with Crippen LogP contribution in [0.3, 0.4) is 0 Å². The summed E-state index contributed by atoms with van der Waals surface area (Å²) in [6.07, 6.45) is 0.839. The minimum Gasteiger partial charge on any atom is -0.490 e. The molecule has 0 fully saturated rings. The van der Waals surface area contributed by atoms with Crippen molar-refractivity contribution in [2.75, 3.05) is 20.3 Å². The van der Waals surface area contributed by atoms with Gasteiger partial charge < -0.3 is 14.6 Å². The van der Waals surface area contributed by atoms with Crippen molar-refractivity contribution in [1.29, 1.82) is 0 Å². The van der Waals surface area contributed by atoms with Gasteiger partial charge in [-0.3, -0.25) is 4.68 Å². The molecule has 1 heterocycles. The summed E-state index contributed by atoms with van der Waals surface area (Å²) in [6, 6.07) is 7.05. The van der Waals surface area contributed by atoms with E-state index in [4.69, 9.17) is 21.1 Å². The molecule has 0 aliphatic carbocycles. The quantitative estimate of drug-likeness (QED) is 0.808. The summed E-state index contributed by atoms with van der Waals surface area (Å²) in [6.45, 7) is 1.19. The lowest BCUT2D eigenvalue weighted by atomic mass is 10.2. The van der Waals surface area contributed by atoms with E-state index in [0.717, 1.165) is 4.47 Å². The zero-order valence-electron chi connectivity index (χ0n) is 11.5. The van der Waals surface area contributed by atoms with Gasteiger partial charge in [-0.05, 0) is 34.1 Å². The number of aliphatic hydroxyl groups is 1. The topological polar surface area (TPSA) is 56.5 Å². The molecule has 0 saturated heterocycles. The summed E-state index contributed by atoms with van der Waals surface area (Å²) in [4.78, 5) is 0. The molecule has 2 rings (SSSR count). The van der Waals surface area contributed by atoms with Gasteiger partial charge in [0.1, 0.15) is 18.5 Å². The first-order chi connectivity index (χ1) is 10.1. The molecule has 0 saturated carbocycles. The van der Waals surface area contributed by atoms with E-state index in [-0.39, 0.29) is 6.61 Å². The maximum atomic E-state index is 10.3. The maximum absolute atomic E-state index is 10.3. The highest BCUT2D eigenvalue weighted by atomic mass is 79.9. The molecular formula is C14H16BrClN2O3. The number of hydrogen-bond donors (Lipinski definition) is 1. The second-order valence-electron chi connectivity index (χ2n) is 4.38. The molecule has 0 bridgehead atoms. The van der Waals surface area contributed by atoms with E-state index in [1.54, 1.807) is 42.3 Å². The first-order valence-corrected chi connectivity index (χ1v) is 7.55. The van der Waals surface area contributed by atoms with Crippen LogP contribution in [-0.4, -0.2) is 35.2 Å². The first-order valence-electron chi connectivity index (χ1n) is 6.38. The van der Waals surface area contributed by atoms with E-state index in [1.807, 2.05) is 0 Å². The summed E-state index contributed by atoms with van der Waals surface area (Å²) in [5.74, 6) is 0.612. The second kappa shape index (κ2) is 7.79.